The Hall–Kier alpha value is -0.790. The molecule has 0 aliphatic rings. The average molecular weight is 183 g/mol. The van der Waals surface area contributed by atoms with Gasteiger partial charge in [0.25, 0.3) is 0 Å². The molecule has 13 heavy (non-hydrogen) atoms. The van der Waals surface area contributed by atoms with Crippen LogP contribution in [0.4, 0.5) is 0 Å². The third-order valence-corrected chi connectivity index (χ3v) is 1.86. The monoisotopic (exact) mass is 183 g/mol. The molecule has 0 aromatic rings. The summed E-state index contributed by atoms with van der Waals surface area (Å²) in [6, 6.07) is 0.240. The van der Waals surface area contributed by atoms with Crippen LogP contribution in [0.2, 0.25) is 0 Å². The second-order valence-electron chi connectivity index (χ2n) is 4.49. The Morgan fingerprint density at radius 2 is 2.08 bits per heavy atom. The van der Waals surface area contributed by atoms with Crippen molar-refractivity contribution in [1.29, 1.82) is 0 Å². The first-order chi connectivity index (χ1) is 5.88. The molecule has 1 N–H and O–H groups in total. The Morgan fingerprint density at radius 3 is 2.46 bits per heavy atom. The summed E-state index contributed by atoms with van der Waals surface area (Å²) in [5, 5.41) is 2.97. The summed E-state index contributed by atoms with van der Waals surface area (Å²) in [5.74, 6) is 0.115. The number of carbonyl (C=O) groups excluding carboxylic acids is 1. The van der Waals surface area contributed by atoms with Gasteiger partial charge in [0.1, 0.15) is 0 Å². The van der Waals surface area contributed by atoms with Gasteiger partial charge in [-0.3, -0.25) is 4.79 Å². The van der Waals surface area contributed by atoms with Crippen molar-refractivity contribution in [3.8, 4) is 0 Å². The molecule has 0 fully saturated rings. The molecule has 0 saturated carbocycles. The van der Waals surface area contributed by atoms with Crippen molar-refractivity contribution in [2.45, 2.75) is 46.6 Å². The Balaban J connectivity index is 3.85. The molecular formula is C11H21NO. The zero-order chi connectivity index (χ0) is 10.5. The van der Waals surface area contributed by atoms with Gasteiger partial charge in [-0.2, -0.15) is 0 Å². The quantitative estimate of drug-likeness (QED) is 0.667. The van der Waals surface area contributed by atoms with E-state index >= 15 is 0 Å². The van der Waals surface area contributed by atoms with Crippen LogP contribution in [0, 0.1) is 5.41 Å². The van der Waals surface area contributed by atoms with Crippen LogP contribution in [0.3, 0.4) is 0 Å². The van der Waals surface area contributed by atoms with Gasteiger partial charge in [-0.1, -0.05) is 26.8 Å². The fourth-order valence-corrected chi connectivity index (χ4v) is 0.880. The van der Waals surface area contributed by atoms with Crippen molar-refractivity contribution >= 4 is 5.91 Å². The molecule has 0 saturated heterocycles. The van der Waals surface area contributed by atoms with Crippen LogP contribution in [0.1, 0.15) is 40.5 Å². The molecule has 0 rings (SSSR count). The summed E-state index contributed by atoms with van der Waals surface area (Å²) < 4.78 is 0. The normalized spacial score (nSPS) is 13.5. The van der Waals surface area contributed by atoms with Crippen molar-refractivity contribution in [2.24, 2.45) is 5.41 Å². The maximum atomic E-state index is 11.5. The van der Waals surface area contributed by atoms with Crippen LogP contribution in [0.5, 0.6) is 0 Å². The maximum Gasteiger partial charge on any atom is 0.225 e. The molecule has 0 aliphatic carbocycles. The molecule has 1 amide bonds. The smallest absolute Gasteiger partial charge is 0.225 e. The van der Waals surface area contributed by atoms with E-state index in [2.05, 4.69) is 11.9 Å². The van der Waals surface area contributed by atoms with Crippen LogP contribution < -0.4 is 5.32 Å². The number of carbonyl (C=O) groups is 1. The van der Waals surface area contributed by atoms with Crippen LogP contribution in [0.25, 0.3) is 0 Å². The van der Waals surface area contributed by atoms with Crippen molar-refractivity contribution in [1.82, 2.24) is 5.32 Å². The summed E-state index contributed by atoms with van der Waals surface area (Å²) in [6.07, 6.45) is 3.79. The molecule has 1 atom stereocenters. The lowest BCUT2D eigenvalue weighted by Crippen LogP contribution is -2.40. The molecule has 0 aromatic carbocycles. The van der Waals surface area contributed by atoms with Crippen molar-refractivity contribution in [3.63, 3.8) is 0 Å². The summed E-state index contributed by atoms with van der Waals surface area (Å²) in [5.41, 5.74) is -0.289. The largest absolute Gasteiger partial charge is 0.353 e. The van der Waals surface area contributed by atoms with Crippen molar-refractivity contribution in [3.05, 3.63) is 12.7 Å². The predicted molar refractivity (Wildman–Crippen MR) is 56.5 cm³/mol. The second-order valence-corrected chi connectivity index (χ2v) is 4.49. The van der Waals surface area contributed by atoms with E-state index in [-0.39, 0.29) is 17.4 Å². The first-order valence-corrected chi connectivity index (χ1v) is 4.79. The third kappa shape index (κ3) is 5.45. The van der Waals surface area contributed by atoms with Crippen LogP contribution in [0.15, 0.2) is 12.7 Å². The van der Waals surface area contributed by atoms with Crippen molar-refractivity contribution in [2.75, 3.05) is 0 Å². The number of hydrogen-bond acceptors (Lipinski definition) is 1. The highest BCUT2D eigenvalue weighted by molar-refractivity contribution is 5.81. The molecule has 0 aliphatic heterocycles. The Morgan fingerprint density at radius 1 is 1.54 bits per heavy atom. The fourth-order valence-electron chi connectivity index (χ4n) is 0.880. The molecule has 1 unspecified atom stereocenters. The molecule has 2 heteroatoms. The molecule has 0 radical (unpaired) electrons. The van der Waals surface area contributed by atoms with Crippen LogP contribution >= 0.6 is 0 Å². The first-order valence-electron chi connectivity index (χ1n) is 4.79. The number of amides is 1. The number of rotatable bonds is 4. The lowest BCUT2D eigenvalue weighted by atomic mass is 9.95. The molecule has 0 bridgehead atoms. The third-order valence-electron chi connectivity index (χ3n) is 1.86. The summed E-state index contributed by atoms with van der Waals surface area (Å²) >= 11 is 0. The molecular weight excluding hydrogens is 162 g/mol. The number of allylic oxidation sites excluding steroid dienone is 1. The average Bonchev–Trinajstić information content (AvgIpc) is 1.99. The zero-order valence-corrected chi connectivity index (χ0v) is 9.18. The fraction of sp³-hybridized carbons (Fsp3) is 0.727. The molecule has 0 heterocycles. The molecule has 76 valence electrons. The van der Waals surface area contributed by atoms with E-state index in [0.29, 0.717) is 0 Å². The summed E-state index contributed by atoms with van der Waals surface area (Å²) in [7, 11) is 0. The zero-order valence-electron chi connectivity index (χ0n) is 9.18. The topological polar surface area (TPSA) is 29.1 Å². The Labute approximate surface area is 81.4 Å². The molecule has 2 nitrogen and oxygen atoms in total. The van der Waals surface area contributed by atoms with Crippen LogP contribution in [-0.2, 0) is 4.79 Å². The van der Waals surface area contributed by atoms with E-state index in [9.17, 15) is 4.79 Å². The van der Waals surface area contributed by atoms with E-state index in [1.165, 1.54) is 0 Å². The van der Waals surface area contributed by atoms with E-state index < -0.39 is 0 Å². The minimum atomic E-state index is -0.289. The summed E-state index contributed by atoms with van der Waals surface area (Å²) in [4.78, 5) is 11.5. The predicted octanol–water partition coefficient (Wildman–Crippen LogP) is 2.50. The minimum absolute atomic E-state index is 0.115. The van der Waals surface area contributed by atoms with Gasteiger partial charge in [0.05, 0.1) is 0 Å². The van der Waals surface area contributed by atoms with E-state index in [0.717, 1.165) is 12.8 Å². The molecule has 0 spiro atoms. The van der Waals surface area contributed by atoms with Gasteiger partial charge in [0.15, 0.2) is 0 Å². The lowest BCUT2D eigenvalue weighted by Gasteiger charge is -2.21. The SMILES string of the molecule is C=CCCC(C)NC(=O)C(C)(C)C. The first kappa shape index (κ1) is 12.2. The van der Waals surface area contributed by atoms with E-state index in [4.69, 9.17) is 0 Å². The van der Waals surface area contributed by atoms with Crippen LogP contribution in [-0.4, -0.2) is 11.9 Å². The number of nitrogens with one attached hydrogen (secondary N) is 1. The highest BCUT2D eigenvalue weighted by Crippen LogP contribution is 2.13. The van der Waals surface area contributed by atoms with Gasteiger partial charge in [-0.25, -0.2) is 0 Å². The van der Waals surface area contributed by atoms with Gasteiger partial charge in [-0.05, 0) is 19.8 Å². The minimum Gasteiger partial charge on any atom is -0.353 e. The lowest BCUT2D eigenvalue weighted by molar-refractivity contribution is -0.129. The van der Waals surface area contributed by atoms with E-state index in [1.807, 2.05) is 33.8 Å². The maximum absolute atomic E-state index is 11.5. The number of hydrogen-bond donors (Lipinski definition) is 1. The van der Waals surface area contributed by atoms with Gasteiger partial charge < -0.3 is 5.32 Å². The second kappa shape index (κ2) is 5.05. The summed E-state index contributed by atoms with van der Waals surface area (Å²) in [6.45, 7) is 11.4. The van der Waals surface area contributed by atoms with Gasteiger partial charge in [-0.15, -0.1) is 6.58 Å². The van der Waals surface area contributed by atoms with Gasteiger partial charge >= 0.3 is 0 Å². The highest BCUT2D eigenvalue weighted by atomic mass is 16.2. The molecule has 0 aromatic heterocycles. The van der Waals surface area contributed by atoms with Crippen molar-refractivity contribution < 1.29 is 4.79 Å². The Kier molecular flexibility index (Phi) is 4.74. The van der Waals surface area contributed by atoms with E-state index in [1.54, 1.807) is 0 Å². The standard InChI is InChI=1S/C11H21NO/c1-6-7-8-9(2)12-10(13)11(3,4)5/h6,9H,1,7-8H2,2-5H3,(H,12,13). The Bertz CT molecular complexity index is 179. The van der Waals surface area contributed by atoms with Gasteiger partial charge in [0.2, 0.25) is 5.91 Å². The van der Waals surface area contributed by atoms with Gasteiger partial charge in [0, 0.05) is 11.5 Å². The highest BCUT2D eigenvalue weighted by Gasteiger charge is 2.21.